The van der Waals surface area contributed by atoms with E-state index in [1.54, 1.807) is 6.07 Å². The molecule has 1 aromatic carbocycles. The van der Waals surface area contributed by atoms with Crippen LogP contribution in [0.1, 0.15) is 12.8 Å². The minimum atomic E-state index is -0.761. The van der Waals surface area contributed by atoms with Crippen LogP contribution < -0.4 is 10.2 Å². The van der Waals surface area contributed by atoms with Crippen molar-refractivity contribution >= 4 is 11.4 Å². The fourth-order valence-electron chi connectivity index (χ4n) is 2.14. The Morgan fingerprint density at radius 1 is 1.27 bits per heavy atom. The van der Waals surface area contributed by atoms with E-state index in [-0.39, 0.29) is 0 Å². The molecule has 2 aliphatic rings. The lowest BCUT2D eigenvalue weighted by Crippen LogP contribution is -2.36. The molecular weight excluding hydrogens is 198 g/mol. The van der Waals surface area contributed by atoms with Gasteiger partial charge in [-0.15, -0.1) is 0 Å². The van der Waals surface area contributed by atoms with E-state index in [1.807, 2.05) is 4.90 Å². The Morgan fingerprint density at radius 2 is 2.07 bits per heavy atom. The highest BCUT2D eigenvalue weighted by Gasteiger charge is 2.34. The number of rotatable bonds is 1. The van der Waals surface area contributed by atoms with Gasteiger partial charge in [-0.1, -0.05) is 0 Å². The predicted octanol–water partition coefficient (Wildman–Crippen LogP) is 2.36. The molecule has 0 saturated heterocycles. The van der Waals surface area contributed by atoms with Crippen LogP contribution in [-0.4, -0.2) is 19.1 Å². The third-order valence-corrected chi connectivity index (χ3v) is 3.01. The van der Waals surface area contributed by atoms with Crippen molar-refractivity contribution in [3.63, 3.8) is 0 Å². The van der Waals surface area contributed by atoms with Gasteiger partial charge in [-0.3, -0.25) is 0 Å². The van der Waals surface area contributed by atoms with E-state index < -0.39 is 11.6 Å². The smallest absolute Gasteiger partial charge is 0.184 e. The first-order valence-electron chi connectivity index (χ1n) is 5.26. The van der Waals surface area contributed by atoms with Crippen molar-refractivity contribution in [2.45, 2.75) is 18.9 Å². The van der Waals surface area contributed by atoms with Crippen LogP contribution >= 0.6 is 0 Å². The molecule has 80 valence electrons. The molecule has 1 N–H and O–H groups in total. The molecule has 2 nitrogen and oxygen atoms in total. The highest BCUT2D eigenvalue weighted by molar-refractivity contribution is 5.73. The van der Waals surface area contributed by atoms with Crippen LogP contribution in [0.4, 0.5) is 20.2 Å². The molecule has 0 unspecified atom stereocenters. The summed E-state index contributed by atoms with van der Waals surface area (Å²) in [6, 6.07) is 3.21. The van der Waals surface area contributed by atoms with Crippen molar-refractivity contribution in [1.29, 1.82) is 0 Å². The first kappa shape index (κ1) is 8.95. The van der Waals surface area contributed by atoms with E-state index >= 15 is 0 Å². The normalized spacial score (nSPS) is 19.7. The van der Waals surface area contributed by atoms with E-state index in [4.69, 9.17) is 0 Å². The summed E-state index contributed by atoms with van der Waals surface area (Å²) in [5.41, 5.74) is 1.14. The third-order valence-electron chi connectivity index (χ3n) is 3.01. The van der Waals surface area contributed by atoms with E-state index in [1.165, 1.54) is 6.07 Å². The van der Waals surface area contributed by atoms with Crippen LogP contribution in [0.25, 0.3) is 0 Å². The quantitative estimate of drug-likeness (QED) is 0.765. The predicted molar refractivity (Wildman–Crippen MR) is 55.2 cm³/mol. The second-order valence-electron chi connectivity index (χ2n) is 4.11. The maximum Gasteiger partial charge on any atom is 0.184 e. The van der Waals surface area contributed by atoms with Gasteiger partial charge in [0.1, 0.15) is 0 Å². The Bertz CT molecular complexity index is 402. The van der Waals surface area contributed by atoms with Gasteiger partial charge >= 0.3 is 0 Å². The summed E-state index contributed by atoms with van der Waals surface area (Å²) >= 11 is 0. The summed E-state index contributed by atoms with van der Waals surface area (Å²) in [7, 11) is 0. The Balaban J connectivity index is 2.10. The summed E-state index contributed by atoms with van der Waals surface area (Å²) < 4.78 is 26.8. The lowest BCUT2D eigenvalue weighted by molar-refractivity contribution is 0.504. The Hall–Kier alpha value is -1.32. The van der Waals surface area contributed by atoms with Gasteiger partial charge in [-0.05, 0) is 25.0 Å². The van der Waals surface area contributed by atoms with Gasteiger partial charge in [-0.25, -0.2) is 8.78 Å². The van der Waals surface area contributed by atoms with E-state index in [9.17, 15) is 8.78 Å². The van der Waals surface area contributed by atoms with Gasteiger partial charge < -0.3 is 10.2 Å². The van der Waals surface area contributed by atoms with Crippen LogP contribution in [0.2, 0.25) is 0 Å². The highest BCUT2D eigenvalue weighted by atomic mass is 19.2. The summed E-state index contributed by atoms with van der Waals surface area (Å²) in [6.07, 6.45) is 2.19. The molecule has 1 heterocycles. The fourth-order valence-corrected chi connectivity index (χ4v) is 2.14. The molecule has 1 fully saturated rings. The molecule has 0 bridgehead atoms. The highest BCUT2D eigenvalue weighted by Crippen LogP contribution is 2.39. The molecule has 1 aliphatic heterocycles. The van der Waals surface area contributed by atoms with E-state index in [0.29, 0.717) is 17.4 Å². The number of fused-ring (bicyclic) bond motifs is 1. The number of hydrogen-bond acceptors (Lipinski definition) is 2. The molecule has 1 aliphatic carbocycles. The molecule has 15 heavy (non-hydrogen) atoms. The molecule has 3 rings (SSSR count). The van der Waals surface area contributed by atoms with Crippen LogP contribution in [0.5, 0.6) is 0 Å². The number of nitrogens with zero attached hydrogens (tertiary/aromatic N) is 1. The van der Waals surface area contributed by atoms with Gasteiger partial charge in [0, 0.05) is 19.1 Å². The molecule has 0 amide bonds. The van der Waals surface area contributed by atoms with Crippen molar-refractivity contribution in [1.82, 2.24) is 0 Å². The standard InChI is InChI=1S/C11H12F2N2/c12-8-3-4-9-11(10(8)13)15(6-5-14-9)7-1-2-7/h3-4,7,14H,1-2,5-6H2. The van der Waals surface area contributed by atoms with Gasteiger partial charge in [0.05, 0.1) is 11.4 Å². The molecule has 0 spiro atoms. The van der Waals surface area contributed by atoms with Crippen molar-refractivity contribution in [3.05, 3.63) is 23.8 Å². The van der Waals surface area contributed by atoms with Crippen LogP contribution in [0.15, 0.2) is 12.1 Å². The number of benzene rings is 1. The zero-order valence-electron chi connectivity index (χ0n) is 8.26. The van der Waals surface area contributed by atoms with Crippen LogP contribution in [0.3, 0.4) is 0 Å². The average Bonchev–Trinajstić information content (AvgIpc) is 3.06. The Labute approximate surface area is 86.9 Å². The minimum Gasteiger partial charge on any atom is -0.382 e. The molecule has 0 aromatic heterocycles. The Kier molecular flexibility index (Phi) is 1.84. The maximum atomic E-state index is 13.7. The molecule has 1 aromatic rings. The first-order valence-corrected chi connectivity index (χ1v) is 5.26. The Morgan fingerprint density at radius 3 is 2.80 bits per heavy atom. The van der Waals surface area contributed by atoms with Gasteiger partial charge in [0.2, 0.25) is 0 Å². The number of hydrogen-bond donors (Lipinski definition) is 1. The van der Waals surface area contributed by atoms with Crippen LogP contribution in [-0.2, 0) is 0 Å². The maximum absolute atomic E-state index is 13.7. The fraction of sp³-hybridized carbons (Fsp3) is 0.455. The second-order valence-corrected chi connectivity index (χ2v) is 4.11. The SMILES string of the molecule is Fc1ccc2c(c1F)N(C1CC1)CCN2. The number of nitrogens with one attached hydrogen (secondary N) is 1. The molecule has 1 saturated carbocycles. The first-order chi connectivity index (χ1) is 7.27. The average molecular weight is 210 g/mol. The van der Waals surface area contributed by atoms with Crippen LogP contribution in [0, 0.1) is 11.6 Å². The number of halogens is 2. The second kappa shape index (κ2) is 3.08. The van der Waals surface area contributed by atoms with Gasteiger partial charge in [-0.2, -0.15) is 0 Å². The van der Waals surface area contributed by atoms with Crippen molar-refractivity contribution < 1.29 is 8.78 Å². The largest absolute Gasteiger partial charge is 0.382 e. The summed E-state index contributed by atoms with van der Waals surface area (Å²) in [5, 5.41) is 3.09. The van der Waals surface area contributed by atoms with E-state index in [2.05, 4.69) is 5.32 Å². The summed E-state index contributed by atoms with van der Waals surface area (Å²) in [4.78, 5) is 1.99. The molecule has 0 atom stereocenters. The topological polar surface area (TPSA) is 15.3 Å². The zero-order chi connectivity index (χ0) is 10.4. The molecule has 0 radical (unpaired) electrons. The lowest BCUT2D eigenvalue weighted by Gasteiger charge is -2.32. The third kappa shape index (κ3) is 1.35. The summed E-state index contributed by atoms with van der Waals surface area (Å²) in [5.74, 6) is -1.48. The lowest BCUT2D eigenvalue weighted by atomic mass is 10.1. The summed E-state index contributed by atoms with van der Waals surface area (Å²) in [6.45, 7) is 1.56. The number of anilines is 2. The van der Waals surface area contributed by atoms with Gasteiger partial charge in [0.15, 0.2) is 11.6 Å². The molecule has 4 heteroatoms. The molecular formula is C11H12F2N2. The zero-order valence-corrected chi connectivity index (χ0v) is 8.26. The van der Waals surface area contributed by atoms with E-state index in [0.717, 1.165) is 25.9 Å². The van der Waals surface area contributed by atoms with Crippen molar-refractivity contribution in [2.24, 2.45) is 0 Å². The van der Waals surface area contributed by atoms with Crippen molar-refractivity contribution in [3.8, 4) is 0 Å². The monoisotopic (exact) mass is 210 g/mol. The minimum absolute atomic E-state index is 0.419. The van der Waals surface area contributed by atoms with Gasteiger partial charge in [0.25, 0.3) is 0 Å². The van der Waals surface area contributed by atoms with Crippen molar-refractivity contribution in [2.75, 3.05) is 23.3 Å².